The van der Waals surface area contributed by atoms with Crippen LogP contribution in [0.1, 0.15) is 44.9 Å². The summed E-state index contributed by atoms with van der Waals surface area (Å²) in [6.45, 7) is 0. The van der Waals surface area contributed by atoms with Crippen molar-refractivity contribution in [2.24, 2.45) is 5.92 Å². The Kier molecular flexibility index (Phi) is 4.94. The van der Waals surface area contributed by atoms with Crippen molar-refractivity contribution in [2.45, 2.75) is 51.0 Å². The molecule has 0 radical (unpaired) electrons. The van der Waals surface area contributed by atoms with Gasteiger partial charge in [0.15, 0.2) is 0 Å². The second kappa shape index (κ2) is 6.02. The lowest BCUT2D eigenvalue weighted by Crippen LogP contribution is -2.29. The van der Waals surface area contributed by atoms with Crippen LogP contribution in [0.25, 0.3) is 0 Å². The second-order valence-electron chi connectivity index (χ2n) is 4.04. The number of hydrogen-bond donors (Lipinski definition) is 1. The maximum Gasteiger partial charge on any atom is 0.311 e. The van der Waals surface area contributed by atoms with Gasteiger partial charge >= 0.3 is 5.97 Å². The van der Waals surface area contributed by atoms with Gasteiger partial charge in [0, 0.05) is 0 Å². The average molecular weight is 200 g/mol. The molecule has 2 unspecified atom stereocenters. The molecule has 1 fully saturated rings. The van der Waals surface area contributed by atoms with Crippen LogP contribution in [0.5, 0.6) is 0 Å². The quantitative estimate of drug-likeness (QED) is 0.657. The third kappa shape index (κ3) is 3.29. The van der Waals surface area contributed by atoms with E-state index in [0.29, 0.717) is 0 Å². The lowest BCUT2D eigenvalue weighted by atomic mass is 9.94. The van der Waals surface area contributed by atoms with E-state index in [-0.39, 0.29) is 11.9 Å². The monoisotopic (exact) mass is 200 g/mol. The van der Waals surface area contributed by atoms with Gasteiger partial charge in [0.05, 0.1) is 19.1 Å². The summed E-state index contributed by atoms with van der Waals surface area (Å²) in [7, 11) is 1.39. The van der Waals surface area contributed by atoms with Crippen LogP contribution in [0, 0.1) is 5.92 Å². The van der Waals surface area contributed by atoms with Crippen molar-refractivity contribution < 1.29 is 14.6 Å². The number of methoxy groups -OCH3 is 1. The van der Waals surface area contributed by atoms with E-state index in [4.69, 9.17) is 4.74 Å². The molecule has 0 aromatic carbocycles. The number of aliphatic hydroxyl groups is 1. The van der Waals surface area contributed by atoms with E-state index < -0.39 is 6.10 Å². The van der Waals surface area contributed by atoms with Gasteiger partial charge in [-0.05, 0) is 12.8 Å². The van der Waals surface area contributed by atoms with Crippen molar-refractivity contribution in [3.05, 3.63) is 0 Å². The van der Waals surface area contributed by atoms with Gasteiger partial charge in [-0.25, -0.2) is 0 Å². The Morgan fingerprint density at radius 3 is 2.36 bits per heavy atom. The van der Waals surface area contributed by atoms with Gasteiger partial charge in [-0.1, -0.05) is 32.1 Å². The van der Waals surface area contributed by atoms with E-state index >= 15 is 0 Å². The minimum atomic E-state index is -0.499. The van der Waals surface area contributed by atoms with Gasteiger partial charge in [-0.15, -0.1) is 0 Å². The number of rotatable bonds is 1. The number of esters is 1. The highest BCUT2D eigenvalue weighted by atomic mass is 16.5. The minimum Gasteiger partial charge on any atom is -0.469 e. The van der Waals surface area contributed by atoms with Crippen LogP contribution in [0.2, 0.25) is 0 Å². The summed E-state index contributed by atoms with van der Waals surface area (Å²) in [4.78, 5) is 11.4. The Balaban J connectivity index is 2.52. The molecule has 0 spiro atoms. The van der Waals surface area contributed by atoms with Crippen LogP contribution in [0.4, 0.5) is 0 Å². The number of hydrogen-bond acceptors (Lipinski definition) is 3. The molecule has 1 aliphatic rings. The topological polar surface area (TPSA) is 46.5 Å². The van der Waals surface area contributed by atoms with E-state index in [0.717, 1.165) is 25.7 Å². The van der Waals surface area contributed by atoms with Crippen LogP contribution in [0.15, 0.2) is 0 Å². The first kappa shape index (κ1) is 11.5. The molecule has 0 aromatic heterocycles. The molecule has 14 heavy (non-hydrogen) atoms. The molecular formula is C11H20O3. The van der Waals surface area contributed by atoms with E-state index in [1.807, 2.05) is 0 Å². The molecule has 1 aliphatic carbocycles. The molecule has 82 valence electrons. The van der Waals surface area contributed by atoms with E-state index in [2.05, 4.69) is 0 Å². The van der Waals surface area contributed by atoms with Crippen molar-refractivity contribution in [1.82, 2.24) is 0 Å². The highest BCUT2D eigenvalue weighted by Crippen LogP contribution is 2.23. The summed E-state index contributed by atoms with van der Waals surface area (Å²) in [5.74, 6) is -0.544. The summed E-state index contributed by atoms with van der Waals surface area (Å²) in [6, 6.07) is 0. The van der Waals surface area contributed by atoms with Gasteiger partial charge < -0.3 is 9.84 Å². The van der Waals surface area contributed by atoms with Crippen molar-refractivity contribution in [2.75, 3.05) is 7.11 Å². The largest absolute Gasteiger partial charge is 0.469 e. The minimum absolute atomic E-state index is 0.251. The molecular weight excluding hydrogens is 180 g/mol. The molecule has 3 heteroatoms. The Morgan fingerprint density at radius 1 is 1.14 bits per heavy atom. The van der Waals surface area contributed by atoms with Gasteiger partial charge in [0.25, 0.3) is 0 Å². The molecule has 0 aliphatic heterocycles. The maximum absolute atomic E-state index is 11.4. The number of ether oxygens (including phenoxy) is 1. The normalized spacial score (nSPS) is 29.9. The standard InChI is InChI=1S/C11H20O3/c1-14-11(13)9-7-5-3-2-4-6-8-10(9)12/h9-10,12H,2-8H2,1H3. The third-order valence-corrected chi connectivity index (χ3v) is 2.98. The molecule has 2 atom stereocenters. The fraction of sp³-hybridized carbons (Fsp3) is 0.909. The van der Waals surface area contributed by atoms with Crippen molar-refractivity contribution >= 4 is 5.97 Å². The predicted molar refractivity (Wildman–Crippen MR) is 53.8 cm³/mol. The van der Waals surface area contributed by atoms with Crippen LogP contribution in [-0.4, -0.2) is 24.3 Å². The fourth-order valence-electron chi connectivity index (χ4n) is 2.07. The van der Waals surface area contributed by atoms with E-state index in [1.165, 1.54) is 26.4 Å². The zero-order chi connectivity index (χ0) is 10.4. The molecule has 1 rings (SSSR count). The third-order valence-electron chi connectivity index (χ3n) is 2.98. The Bertz CT molecular complexity index is 179. The zero-order valence-corrected chi connectivity index (χ0v) is 8.87. The highest BCUT2D eigenvalue weighted by molar-refractivity contribution is 5.72. The van der Waals surface area contributed by atoms with Crippen LogP contribution in [0.3, 0.4) is 0 Å². The molecule has 0 saturated heterocycles. The summed E-state index contributed by atoms with van der Waals surface area (Å²) in [5.41, 5.74) is 0. The summed E-state index contributed by atoms with van der Waals surface area (Å²) in [5, 5.41) is 9.80. The first-order valence-corrected chi connectivity index (χ1v) is 5.51. The zero-order valence-electron chi connectivity index (χ0n) is 8.87. The first-order valence-electron chi connectivity index (χ1n) is 5.51. The molecule has 0 bridgehead atoms. The SMILES string of the molecule is COC(=O)C1CCCCCCCC1O. The van der Waals surface area contributed by atoms with Gasteiger partial charge in [-0.3, -0.25) is 4.79 Å². The molecule has 0 aromatic rings. The van der Waals surface area contributed by atoms with E-state index in [1.54, 1.807) is 0 Å². The molecule has 1 N–H and O–H groups in total. The fourth-order valence-corrected chi connectivity index (χ4v) is 2.07. The maximum atomic E-state index is 11.4. The number of aliphatic hydroxyl groups excluding tert-OH is 1. The first-order chi connectivity index (χ1) is 6.75. The van der Waals surface area contributed by atoms with Crippen molar-refractivity contribution in [3.8, 4) is 0 Å². The Labute approximate surface area is 85.5 Å². The van der Waals surface area contributed by atoms with Gasteiger partial charge in [0.2, 0.25) is 0 Å². The molecule has 0 amide bonds. The highest BCUT2D eigenvalue weighted by Gasteiger charge is 2.27. The smallest absolute Gasteiger partial charge is 0.311 e. The number of carbonyl (C=O) groups is 1. The van der Waals surface area contributed by atoms with Crippen LogP contribution >= 0.6 is 0 Å². The summed E-state index contributed by atoms with van der Waals surface area (Å²) in [6.07, 6.45) is 6.62. The van der Waals surface area contributed by atoms with E-state index in [9.17, 15) is 9.90 Å². The molecule has 0 heterocycles. The average Bonchev–Trinajstić information content (AvgIpc) is 2.29. The Morgan fingerprint density at radius 2 is 1.71 bits per heavy atom. The molecule has 1 saturated carbocycles. The predicted octanol–water partition coefficient (Wildman–Crippen LogP) is 1.88. The summed E-state index contributed by atoms with van der Waals surface area (Å²) >= 11 is 0. The lowest BCUT2D eigenvalue weighted by Gasteiger charge is -2.19. The molecule has 3 nitrogen and oxygen atoms in total. The van der Waals surface area contributed by atoms with Crippen LogP contribution in [-0.2, 0) is 9.53 Å². The number of carbonyl (C=O) groups excluding carboxylic acids is 1. The van der Waals surface area contributed by atoms with Gasteiger partial charge in [0.1, 0.15) is 0 Å². The van der Waals surface area contributed by atoms with Crippen molar-refractivity contribution in [3.63, 3.8) is 0 Å². The van der Waals surface area contributed by atoms with Crippen LogP contribution < -0.4 is 0 Å². The summed E-state index contributed by atoms with van der Waals surface area (Å²) < 4.78 is 4.70. The second-order valence-corrected chi connectivity index (χ2v) is 4.04. The van der Waals surface area contributed by atoms with Gasteiger partial charge in [-0.2, -0.15) is 0 Å². The van der Waals surface area contributed by atoms with Crippen molar-refractivity contribution in [1.29, 1.82) is 0 Å². The lowest BCUT2D eigenvalue weighted by molar-refractivity contribution is -0.150. The Hall–Kier alpha value is -0.570.